The summed E-state index contributed by atoms with van der Waals surface area (Å²) >= 11 is 0. The van der Waals surface area contributed by atoms with E-state index < -0.39 is 51.5 Å². The van der Waals surface area contributed by atoms with Crippen molar-refractivity contribution in [3.63, 3.8) is 0 Å². The number of benzene rings is 3. The van der Waals surface area contributed by atoms with E-state index in [1.54, 1.807) is 75.5 Å². The molecule has 0 saturated carbocycles. The van der Waals surface area contributed by atoms with Gasteiger partial charge in [-0.15, -0.1) is 0 Å². The van der Waals surface area contributed by atoms with E-state index in [-0.39, 0.29) is 30.4 Å². The molecule has 2 atom stereocenters. The molecule has 3 aromatic carbocycles. The minimum absolute atomic E-state index is 0.0102. The molecule has 0 aliphatic carbocycles. The number of rotatable bonds is 11. The molecule has 6 rings (SSSR count). The highest BCUT2D eigenvalue weighted by Gasteiger charge is 2.43. The number of amides is 2. The largest absolute Gasteiger partial charge is 0.489 e. The van der Waals surface area contributed by atoms with Crippen LogP contribution in [0.2, 0.25) is 0 Å². The lowest BCUT2D eigenvalue weighted by atomic mass is 10.0. The predicted octanol–water partition coefficient (Wildman–Crippen LogP) is 3.63. The van der Waals surface area contributed by atoms with Gasteiger partial charge < -0.3 is 29.2 Å². The normalized spacial score (nSPS) is 16.8. The number of esters is 1. The van der Waals surface area contributed by atoms with Crippen LogP contribution in [0.15, 0.2) is 102 Å². The average molecular weight is 741 g/mol. The van der Waals surface area contributed by atoms with E-state index in [0.717, 1.165) is 0 Å². The van der Waals surface area contributed by atoms with E-state index in [4.69, 9.17) is 23.2 Å². The molecule has 1 saturated heterocycles. The van der Waals surface area contributed by atoms with Crippen molar-refractivity contribution in [1.29, 1.82) is 0 Å². The molecule has 0 bridgehead atoms. The Kier molecular flexibility index (Phi) is 11.1. The first-order valence-electron chi connectivity index (χ1n) is 16.6. The van der Waals surface area contributed by atoms with Crippen molar-refractivity contribution in [2.75, 3.05) is 31.8 Å². The van der Waals surface area contributed by atoms with E-state index in [1.165, 1.54) is 29.3 Å². The SMILES string of the molecule is CC(C)[C@H](NOS(=O)(=O)c1ccccc1)C(=O)OC1(C#Cc2ccc3c(c2)N(C)C(=O)[C@@H](NC(=O)c2cc(Oc4ccccc4)ccn2)CO3)COC1. The zero-order valence-electron chi connectivity index (χ0n) is 29.0. The fourth-order valence-electron chi connectivity index (χ4n) is 5.23. The molecule has 2 amide bonds. The molecular formula is C38H36N4O10S. The van der Waals surface area contributed by atoms with Crippen LogP contribution in [0.5, 0.6) is 17.2 Å². The minimum atomic E-state index is -4.19. The average Bonchev–Trinajstić information content (AvgIpc) is 3.25. The van der Waals surface area contributed by atoms with E-state index in [0.29, 0.717) is 28.5 Å². The molecule has 274 valence electrons. The number of carbonyl (C=O) groups excluding carboxylic acids is 3. The summed E-state index contributed by atoms with van der Waals surface area (Å²) in [5, 5.41) is 2.71. The molecule has 1 fully saturated rings. The van der Waals surface area contributed by atoms with E-state index in [2.05, 4.69) is 27.6 Å². The quantitative estimate of drug-likeness (QED) is 0.130. The molecule has 2 N–H and O–H groups in total. The van der Waals surface area contributed by atoms with Crippen molar-refractivity contribution in [3.05, 3.63) is 108 Å². The Bertz CT molecular complexity index is 2150. The second kappa shape index (κ2) is 15.8. The smallest absolute Gasteiger partial charge is 0.327 e. The zero-order valence-corrected chi connectivity index (χ0v) is 29.8. The Hall–Kier alpha value is -5.79. The lowest BCUT2D eigenvalue weighted by Gasteiger charge is -2.37. The molecule has 0 radical (unpaired) electrons. The van der Waals surface area contributed by atoms with Crippen LogP contribution < -0.4 is 25.2 Å². The minimum Gasteiger partial charge on any atom is -0.489 e. The zero-order chi connectivity index (χ0) is 37.6. The molecular weight excluding hydrogens is 705 g/mol. The highest BCUT2D eigenvalue weighted by Crippen LogP contribution is 2.32. The van der Waals surface area contributed by atoms with Gasteiger partial charge >= 0.3 is 16.1 Å². The van der Waals surface area contributed by atoms with Crippen molar-refractivity contribution < 1.29 is 46.0 Å². The van der Waals surface area contributed by atoms with Crippen molar-refractivity contribution in [3.8, 4) is 29.1 Å². The second-order valence-electron chi connectivity index (χ2n) is 12.6. The highest BCUT2D eigenvalue weighted by atomic mass is 32.2. The van der Waals surface area contributed by atoms with Gasteiger partial charge in [-0.05, 0) is 60.4 Å². The van der Waals surface area contributed by atoms with Gasteiger partial charge in [0.25, 0.3) is 11.8 Å². The number of nitrogens with one attached hydrogen (secondary N) is 2. The van der Waals surface area contributed by atoms with E-state index in [1.807, 2.05) is 18.2 Å². The fourth-order valence-corrected chi connectivity index (χ4v) is 6.05. The van der Waals surface area contributed by atoms with Crippen molar-refractivity contribution in [2.24, 2.45) is 5.92 Å². The van der Waals surface area contributed by atoms with Crippen LogP contribution in [-0.4, -0.2) is 75.7 Å². The van der Waals surface area contributed by atoms with Gasteiger partial charge in [0, 0.05) is 24.9 Å². The molecule has 0 unspecified atom stereocenters. The number of anilines is 1. The van der Waals surface area contributed by atoms with Gasteiger partial charge in [-0.2, -0.15) is 18.2 Å². The van der Waals surface area contributed by atoms with E-state index in [9.17, 15) is 22.8 Å². The standard InChI is InChI=1S/C38H36N4O10S/c1-25(2)34(41-52-53(46,47)29-12-8-5-9-13-29)37(45)51-38(23-48-24-38)18-16-26-14-15-33-32(20-26)42(3)36(44)31(22-49-33)40-35(43)30-21-28(17-19-39-30)50-27-10-6-4-7-11-27/h4-15,17,19-21,25,31,34,41H,22-24H2,1-3H3,(H,40,43)/t31-,34-/m0/s1. The monoisotopic (exact) mass is 740 g/mol. The Morgan fingerprint density at radius 3 is 2.38 bits per heavy atom. The van der Waals surface area contributed by atoms with Crippen LogP contribution in [0, 0.1) is 17.8 Å². The van der Waals surface area contributed by atoms with Crippen molar-refractivity contribution >= 4 is 33.6 Å². The van der Waals surface area contributed by atoms with E-state index >= 15 is 0 Å². The summed E-state index contributed by atoms with van der Waals surface area (Å²) in [7, 11) is -2.64. The summed E-state index contributed by atoms with van der Waals surface area (Å²) in [4.78, 5) is 45.4. The molecule has 2 aliphatic heterocycles. The van der Waals surface area contributed by atoms with Crippen LogP contribution in [0.3, 0.4) is 0 Å². The summed E-state index contributed by atoms with van der Waals surface area (Å²) in [6, 6.07) is 22.5. The Morgan fingerprint density at radius 2 is 1.70 bits per heavy atom. The number of hydroxylamine groups is 1. The van der Waals surface area contributed by atoms with Gasteiger partial charge in [-0.1, -0.05) is 56.2 Å². The van der Waals surface area contributed by atoms with Crippen LogP contribution >= 0.6 is 0 Å². The third-order valence-corrected chi connectivity index (χ3v) is 9.41. The number of carbonyl (C=O) groups is 3. The van der Waals surface area contributed by atoms with Crippen LogP contribution in [0.4, 0.5) is 5.69 Å². The number of nitrogens with zero attached hydrogens (tertiary/aromatic N) is 2. The first-order chi connectivity index (χ1) is 25.4. The summed E-state index contributed by atoms with van der Waals surface area (Å²) in [6.45, 7) is 3.25. The van der Waals surface area contributed by atoms with Gasteiger partial charge in [-0.3, -0.25) is 19.4 Å². The lowest BCUT2D eigenvalue weighted by molar-refractivity contribution is -0.197. The Morgan fingerprint density at radius 1 is 0.981 bits per heavy atom. The summed E-state index contributed by atoms with van der Waals surface area (Å²) in [5.41, 5.74) is 1.99. The summed E-state index contributed by atoms with van der Waals surface area (Å²) < 4.78 is 53.1. The Balaban J connectivity index is 1.11. The number of ether oxygens (including phenoxy) is 4. The third-order valence-electron chi connectivity index (χ3n) is 8.24. The van der Waals surface area contributed by atoms with Gasteiger partial charge in [0.2, 0.25) is 5.60 Å². The van der Waals surface area contributed by atoms with Gasteiger partial charge in [-0.25, -0.2) is 0 Å². The topological polar surface area (TPSA) is 172 Å². The number of likely N-dealkylation sites (N-methyl/N-ethyl adjacent to an activating group) is 1. The van der Waals surface area contributed by atoms with Gasteiger partial charge in [0.05, 0.1) is 10.6 Å². The number of para-hydroxylation sites is 1. The third kappa shape index (κ3) is 8.82. The van der Waals surface area contributed by atoms with Crippen LogP contribution in [0.25, 0.3) is 0 Å². The molecule has 2 aliphatic rings. The molecule has 3 heterocycles. The van der Waals surface area contributed by atoms with Crippen LogP contribution in [0.1, 0.15) is 29.9 Å². The lowest BCUT2D eigenvalue weighted by Crippen LogP contribution is -2.55. The molecule has 14 nitrogen and oxygen atoms in total. The Labute approximate surface area is 306 Å². The van der Waals surface area contributed by atoms with Crippen molar-refractivity contribution in [1.82, 2.24) is 15.8 Å². The number of aromatic nitrogens is 1. The number of hydrogen-bond acceptors (Lipinski definition) is 12. The molecule has 15 heteroatoms. The summed E-state index contributed by atoms with van der Waals surface area (Å²) in [6.07, 6.45) is 1.44. The van der Waals surface area contributed by atoms with Gasteiger partial charge in [0.1, 0.15) is 54.8 Å². The molecule has 0 spiro atoms. The predicted molar refractivity (Wildman–Crippen MR) is 190 cm³/mol. The number of hydrogen-bond donors (Lipinski definition) is 2. The fraction of sp³-hybridized carbons (Fsp3) is 0.263. The van der Waals surface area contributed by atoms with Gasteiger partial charge in [0.15, 0.2) is 0 Å². The number of fused-ring (bicyclic) bond motifs is 1. The first-order valence-corrected chi connectivity index (χ1v) is 18.0. The highest BCUT2D eigenvalue weighted by molar-refractivity contribution is 7.86. The first kappa shape index (κ1) is 37.0. The maximum Gasteiger partial charge on any atom is 0.327 e. The van der Waals surface area contributed by atoms with Crippen molar-refractivity contribution in [2.45, 2.75) is 36.4 Å². The molecule has 1 aromatic heterocycles. The molecule has 53 heavy (non-hydrogen) atoms. The number of pyridine rings is 1. The van der Waals surface area contributed by atoms with Crippen LogP contribution in [-0.2, 0) is 33.5 Å². The second-order valence-corrected chi connectivity index (χ2v) is 14.1. The maximum atomic E-state index is 13.5. The summed E-state index contributed by atoms with van der Waals surface area (Å²) in [5.74, 6) is 5.15. The maximum absolute atomic E-state index is 13.5. The molecule has 4 aromatic rings.